The van der Waals surface area contributed by atoms with Gasteiger partial charge < -0.3 is 9.47 Å². The van der Waals surface area contributed by atoms with Gasteiger partial charge in [0, 0.05) is 10.5 Å². The lowest BCUT2D eigenvalue weighted by molar-refractivity contribution is -0.274. The summed E-state index contributed by atoms with van der Waals surface area (Å²) in [6.07, 6.45) is -4.91. The highest BCUT2D eigenvalue weighted by Crippen LogP contribution is 2.31. The van der Waals surface area contributed by atoms with Gasteiger partial charge in [0.15, 0.2) is 0 Å². The summed E-state index contributed by atoms with van der Waals surface area (Å²) in [5, 5.41) is 0. The standard InChI is InChI=1S/C14H11BrF3NO4S/c1-22-13-6-5-9(15)7-12(13)19-24(20,21)11-4-2-3-10(8-11)23-14(16,17)18/h2-8,19H,1H3. The number of methoxy groups -OCH3 is 1. The molecule has 2 rings (SSSR count). The Bertz CT molecular complexity index is 840. The largest absolute Gasteiger partial charge is 0.573 e. The van der Waals surface area contributed by atoms with Gasteiger partial charge in [-0.25, -0.2) is 8.42 Å². The SMILES string of the molecule is COc1ccc(Br)cc1NS(=O)(=O)c1cccc(OC(F)(F)F)c1. The summed E-state index contributed by atoms with van der Waals surface area (Å²) in [7, 11) is -2.78. The topological polar surface area (TPSA) is 64.6 Å². The van der Waals surface area contributed by atoms with E-state index in [0.29, 0.717) is 4.47 Å². The summed E-state index contributed by atoms with van der Waals surface area (Å²) in [6.45, 7) is 0. The highest BCUT2D eigenvalue weighted by atomic mass is 79.9. The summed E-state index contributed by atoms with van der Waals surface area (Å²) < 4.78 is 73.1. The van der Waals surface area contributed by atoms with Gasteiger partial charge in [0.25, 0.3) is 10.0 Å². The van der Waals surface area contributed by atoms with Crippen LogP contribution < -0.4 is 14.2 Å². The molecule has 0 saturated carbocycles. The minimum Gasteiger partial charge on any atom is -0.495 e. The van der Waals surface area contributed by atoms with Gasteiger partial charge in [-0.2, -0.15) is 0 Å². The number of nitrogens with one attached hydrogen (secondary N) is 1. The van der Waals surface area contributed by atoms with Gasteiger partial charge in [0.2, 0.25) is 0 Å². The lowest BCUT2D eigenvalue weighted by Gasteiger charge is -2.13. The molecule has 130 valence electrons. The second-order valence-electron chi connectivity index (χ2n) is 4.47. The zero-order valence-electron chi connectivity index (χ0n) is 12.1. The third-order valence-electron chi connectivity index (χ3n) is 2.76. The van der Waals surface area contributed by atoms with Crippen LogP contribution in [0.3, 0.4) is 0 Å². The number of hydrogen-bond donors (Lipinski definition) is 1. The Hall–Kier alpha value is -1.94. The van der Waals surface area contributed by atoms with Gasteiger partial charge in [-0.15, -0.1) is 13.2 Å². The molecule has 0 fully saturated rings. The fourth-order valence-electron chi connectivity index (χ4n) is 1.80. The second kappa shape index (κ2) is 6.89. The highest BCUT2D eigenvalue weighted by Gasteiger charge is 2.31. The van der Waals surface area contributed by atoms with Crippen LogP contribution in [0.4, 0.5) is 18.9 Å². The number of hydrogen-bond acceptors (Lipinski definition) is 4. The van der Waals surface area contributed by atoms with Gasteiger partial charge in [-0.3, -0.25) is 4.72 Å². The van der Waals surface area contributed by atoms with Crippen LogP contribution in [0.25, 0.3) is 0 Å². The smallest absolute Gasteiger partial charge is 0.495 e. The second-order valence-corrected chi connectivity index (χ2v) is 7.07. The maximum Gasteiger partial charge on any atom is 0.573 e. The van der Waals surface area contributed by atoms with E-state index in [-0.39, 0.29) is 16.3 Å². The maximum atomic E-state index is 12.4. The van der Waals surface area contributed by atoms with Crippen LogP contribution in [0.2, 0.25) is 0 Å². The Morgan fingerprint density at radius 2 is 1.83 bits per heavy atom. The molecule has 24 heavy (non-hydrogen) atoms. The van der Waals surface area contributed by atoms with Crippen LogP contribution in [-0.4, -0.2) is 21.9 Å². The molecule has 0 radical (unpaired) electrons. The normalized spacial score (nSPS) is 11.9. The summed E-state index contributed by atoms with van der Waals surface area (Å²) in [5.41, 5.74) is 0.133. The van der Waals surface area contributed by atoms with Crippen molar-refractivity contribution in [2.75, 3.05) is 11.8 Å². The Morgan fingerprint density at radius 3 is 2.46 bits per heavy atom. The minimum atomic E-state index is -4.91. The first-order valence-corrected chi connectivity index (χ1v) is 8.60. The molecule has 0 unspecified atom stereocenters. The zero-order valence-corrected chi connectivity index (χ0v) is 14.5. The van der Waals surface area contributed by atoms with Crippen molar-refractivity contribution >= 4 is 31.6 Å². The average molecular weight is 426 g/mol. The van der Waals surface area contributed by atoms with Crippen LogP contribution in [0, 0.1) is 0 Å². The Morgan fingerprint density at radius 1 is 1.12 bits per heavy atom. The molecule has 0 aliphatic carbocycles. The van der Waals surface area contributed by atoms with Gasteiger partial charge in [-0.05, 0) is 30.3 Å². The van der Waals surface area contributed by atoms with Gasteiger partial charge in [0.05, 0.1) is 17.7 Å². The Labute approximate surface area is 144 Å². The van der Waals surface area contributed by atoms with E-state index in [2.05, 4.69) is 25.4 Å². The molecule has 0 aliphatic heterocycles. The third kappa shape index (κ3) is 4.78. The van der Waals surface area contributed by atoms with E-state index in [9.17, 15) is 21.6 Å². The molecule has 5 nitrogen and oxygen atoms in total. The molecular weight excluding hydrogens is 415 g/mol. The molecule has 0 bridgehead atoms. The van der Waals surface area contributed by atoms with E-state index >= 15 is 0 Å². The zero-order chi connectivity index (χ0) is 18.0. The number of rotatable bonds is 5. The average Bonchev–Trinajstić information content (AvgIpc) is 2.45. The molecule has 0 atom stereocenters. The first-order chi connectivity index (χ1) is 11.1. The van der Waals surface area contributed by atoms with E-state index in [1.54, 1.807) is 6.07 Å². The number of anilines is 1. The van der Waals surface area contributed by atoms with Crippen LogP contribution in [-0.2, 0) is 10.0 Å². The quantitative estimate of drug-likeness (QED) is 0.780. The molecule has 0 heterocycles. The Balaban J connectivity index is 2.35. The molecular formula is C14H11BrF3NO4S. The molecule has 0 aromatic heterocycles. The number of benzene rings is 2. The third-order valence-corrected chi connectivity index (χ3v) is 4.61. The molecule has 0 spiro atoms. The lowest BCUT2D eigenvalue weighted by Crippen LogP contribution is -2.18. The van der Waals surface area contributed by atoms with Gasteiger partial charge in [0.1, 0.15) is 11.5 Å². The number of sulfonamides is 1. The molecule has 2 aromatic carbocycles. The fourth-order valence-corrected chi connectivity index (χ4v) is 3.26. The number of alkyl halides is 3. The van der Waals surface area contributed by atoms with Crippen LogP contribution in [0.15, 0.2) is 51.8 Å². The summed E-state index contributed by atoms with van der Waals surface area (Å²) in [4.78, 5) is -0.383. The van der Waals surface area contributed by atoms with E-state index in [1.807, 2.05) is 0 Å². The van der Waals surface area contributed by atoms with Crippen molar-refractivity contribution in [2.24, 2.45) is 0 Å². The van der Waals surface area contributed by atoms with Crippen LogP contribution >= 0.6 is 15.9 Å². The predicted octanol–water partition coefficient (Wildman–Crippen LogP) is 4.16. The van der Waals surface area contributed by atoms with E-state index in [1.165, 1.54) is 19.2 Å². The lowest BCUT2D eigenvalue weighted by atomic mass is 10.3. The van der Waals surface area contributed by atoms with E-state index < -0.39 is 22.1 Å². The minimum absolute atomic E-state index is 0.133. The highest BCUT2D eigenvalue weighted by molar-refractivity contribution is 9.10. The van der Waals surface area contributed by atoms with Crippen LogP contribution in [0.5, 0.6) is 11.5 Å². The molecule has 0 saturated heterocycles. The van der Waals surface area contributed by atoms with Crippen molar-refractivity contribution in [3.05, 3.63) is 46.9 Å². The summed E-state index contributed by atoms with van der Waals surface area (Å²) in [5.74, 6) is -0.379. The monoisotopic (exact) mass is 425 g/mol. The van der Waals surface area contributed by atoms with Crippen molar-refractivity contribution in [3.63, 3.8) is 0 Å². The van der Waals surface area contributed by atoms with E-state index in [4.69, 9.17) is 4.74 Å². The van der Waals surface area contributed by atoms with Gasteiger partial charge >= 0.3 is 6.36 Å². The van der Waals surface area contributed by atoms with Crippen LogP contribution in [0.1, 0.15) is 0 Å². The first kappa shape index (κ1) is 18.4. The predicted molar refractivity (Wildman–Crippen MR) is 84.6 cm³/mol. The first-order valence-electron chi connectivity index (χ1n) is 6.33. The summed E-state index contributed by atoms with van der Waals surface area (Å²) >= 11 is 3.20. The van der Waals surface area contributed by atoms with Crippen molar-refractivity contribution in [1.82, 2.24) is 0 Å². The number of ether oxygens (including phenoxy) is 2. The Kier molecular flexibility index (Phi) is 5.29. The molecule has 2 aromatic rings. The van der Waals surface area contributed by atoms with E-state index in [0.717, 1.165) is 24.3 Å². The molecule has 0 aliphatic rings. The van der Waals surface area contributed by atoms with Crippen molar-refractivity contribution < 1.29 is 31.1 Å². The molecule has 10 heteroatoms. The van der Waals surface area contributed by atoms with Crippen molar-refractivity contribution in [2.45, 2.75) is 11.3 Å². The van der Waals surface area contributed by atoms with Crippen molar-refractivity contribution in [3.8, 4) is 11.5 Å². The van der Waals surface area contributed by atoms with Crippen molar-refractivity contribution in [1.29, 1.82) is 0 Å². The summed E-state index contributed by atoms with van der Waals surface area (Å²) in [6, 6.07) is 8.72. The number of halogens is 4. The van der Waals surface area contributed by atoms with Gasteiger partial charge in [-0.1, -0.05) is 22.0 Å². The maximum absolute atomic E-state index is 12.4. The molecule has 0 amide bonds. The fraction of sp³-hybridized carbons (Fsp3) is 0.143. The molecule has 1 N–H and O–H groups in total.